The minimum absolute atomic E-state index is 0.00782. The second kappa shape index (κ2) is 26.6. The molecule has 0 atom stereocenters. The number of amides is 2. The maximum Gasteiger partial charge on any atom is 0.243 e. The molecular formula is C40H56N6O5S4. The molecule has 0 saturated heterocycles. The molecular weight excluding hydrogens is 773 g/mol. The largest absolute Gasteiger partial charge is 0.467 e. The smallest absolute Gasteiger partial charge is 0.243 e. The number of hydrogen-bond acceptors (Lipinski definition) is 9. The summed E-state index contributed by atoms with van der Waals surface area (Å²) in [6.07, 6.45) is 3.10. The van der Waals surface area contributed by atoms with Gasteiger partial charge < -0.3 is 93.5 Å². The number of ether oxygens (including phenoxy) is 1. The molecule has 0 aliphatic rings. The average Bonchev–Trinajstić information content (AvgIpc) is 3.90. The standard InChI is InChI=1S/C28H26N4O5S4.2C6H15N/c33-25(17-31(27(38)39)15-23-3-1-13-35-23)29-19-5-9-21(10-6-19)37-22-11-7-20(8-12-22)30-26(34)18-32(28(40)41)16-24-4-2-14-36-24;2*1-4-7(5-2)6-3/h1-14H,15-18H2,(H,29,33)(H,30,34)(H,38,39)(H,40,41);2*4-6H2,1-3H3. The van der Waals surface area contributed by atoms with Gasteiger partial charge in [0.05, 0.1) is 78.0 Å². The van der Waals surface area contributed by atoms with Gasteiger partial charge in [-0.25, -0.2) is 0 Å². The SMILES string of the molecule is CC[NH+](CC)CC.CC[NH+](CC)CC.O=C(CN(Cc1ccco1)C(=S)[S-])Nc1ccc(Oc2ccc(NC(=O)CN(Cc3ccco3)C(=S)[S-])cc2)cc1. The zero-order valence-corrected chi connectivity index (χ0v) is 36.0. The Balaban J connectivity index is 0.000000633. The third-order valence-corrected chi connectivity index (χ3v) is 9.58. The molecule has 4 aromatic rings. The molecule has 4 N–H and O–H groups in total. The molecule has 0 radical (unpaired) electrons. The molecule has 4 rings (SSSR count). The van der Waals surface area contributed by atoms with E-state index in [2.05, 4.69) is 52.2 Å². The summed E-state index contributed by atoms with van der Waals surface area (Å²) in [5.74, 6) is 1.91. The number of nitrogens with one attached hydrogen (secondary N) is 4. The van der Waals surface area contributed by atoms with Gasteiger partial charge in [0.1, 0.15) is 23.0 Å². The predicted molar refractivity (Wildman–Crippen MR) is 234 cm³/mol. The highest BCUT2D eigenvalue weighted by atomic mass is 32.1. The van der Waals surface area contributed by atoms with E-state index in [1.54, 1.807) is 105 Å². The Morgan fingerprint density at radius 2 is 0.927 bits per heavy atom. The van der Waals surface area contributed by atoms with Crippen molar-refractivity contribution < 1.29 is 33.0 Å². The van der Waals surface area contributed by atoms with Crippen molar-refractivity contribution in [1.29, 1.82) is 0 Å². The van der Waals surface area contributed by atoms with E-state index < -0.39 is 0 Å². The number of rotatable bonds is 18. The van der Waals surface area contributed by atoms with Crippen LogP contribution >= 0.6 is 24.4 Å². The van der Waals surface area contributed by atoms with Crippen LogP contribution in [0, 0.1) is 0 Å². The van der Waals surface area contributed by atoms with Crippen LogP contribution in [0.4, 0.5) is 11.4 Å². The molecule has 0 saturated carbocycles. The molecule has 0 aliphatic heterocycles. The number of nitrogens with zero attached hydrogens (tertiary/aromatic N) is 2. The van der Waals surface area contributed by atoms with Gasteiger partial charge in [0.25, 0.3) is 0 Å². The van der Waals surface area contributed by atoms with E-state index in [1.165, 1.54) is 39.3 Å². The van der Waals surface area contributed by atoms with Crippen LogP contribution in [-0.4, -0.2) is 82.6 Å². The maximum absolute atomic E-state index is 12.5. The number of carbonyl (C=O) groups is 2. The molecule has 2 amide bonds. The number of furan rings is 2. The Morgan fingerprint density at radius 1 is 0.600 bits per heavy atom. The Kier molecular flexibility index (Phi) is 22.8. The van der Waals surface area contributed by atoms with E-state index >= 15 is 0 Å². The van der Waals surface area contributed by atoms with Gasteiger partial charge in [0.2, 0.25) is 11.8 Å². The summed E-state index contributed by atoms with van der Waals surface area (Å²) in [6.45, 7) is 21.6. The van der Waals surface area contributed by atoms with Gasteiger partial charge >= 0.3 is 0 Å². The number of quaternary nitrogens is 2. The third-order valence-electron chi connectivity index (χ3n) is 8.55. The molecule has 11 nitrogen and oxygen atoms in total. The summed E-state index contributed by atoms with van der Waals surface area (Å²) in [5, 5.41) is 5.64. The minimum Gasteiger partial charge on any atom is -0.467 e. The fourth-order valence-corrected chi connectivity index (χ4v) is 5.66. The van der Waals surface area contributed by atoms with Crippen LogP contribution in [-0.2, 0) is 47.9 Å². The molecule has 2 aromatic carbocycles. The van der Waals surface area contributed by atoms with E-state index in [0.29, 0.717) is 47.5 Å². The summed E-state index contributed by atoms with van der Waals surface area (Å²) in [4.78, 5) is 31.6. The Hall–Kier alpha value is -4.12. The number of carbonyl (C=O) groups excluding carboxylic acids is 2. The lowest BCUT2D eigenvalue weighted by Crippen LogP contribution is -3.11. The van der Waals surface area contributed by atoms with Crippen LogP contribution in [0.25, 0.3) is 0 Å². The van der Waals surface area contributed by atoms with E-state index in [-0.39, 0.29) is 33.5 Å². The molecule has 0 unspecified atom stereocenters. The van der Waals surface area contributed by atoms with Crippen LogP contribution in [0.2, 0.25) is 0 Å². The van der Waals surface area contributed by atoms with Gasteiger partial charge in [-0.2, -0.15) is 0 Å². The molecule has 55 heavy (non-hydrogen) atoms. The second-order valence-corrected chi connectivity index (χ2v) is 14.3. The fourth-order valence-electron chi connectivity index (χ4n) is 5.15. The Bertz CT molecular complexity index is 1530. The van der Waals surface area contributed by atoms with Gasteiger partial charge in [0, 0.05) is 11.4 Å². The quantitative estimate of drug-likeness (QED) is 0.0798. The van der Waals surface area contributed by atoms with E-state index in [4.69, 9.17) is 63.3 Å². The lowest BCUT2D eigenvalue weighted by molar-refractivity contribution is -0.894. The topological polar surface area (TPSA) is 109 Å². The Labute approximate surface area is 348 Å². The molecule has 300 valence electrons. The number of hydrogen-bond donors (Lipinski definition) is 4. The van der Waals surface area contributed by atoms with E-state index in [1.807, 2.05) is 0 Å². The molecule has 15 heteroatoms. The lowest BCUT2D eigenvalue weighted by Gasteiger charge is -2.26. The predicted octanol–water partition coefficient (Wildman–Crippen LogP) is 5.07. The van der Waals surface area contributed by atoms with Gasteiger partial charge in [0.15, 0.2) is 0 Å². The summed E-state index contributed by atoms with van der Waals surface area (Å²) in [7, 11) is 0. The number of benzene rings is 2. The van der Waals surface area contributed by atoms with Gasteiger partial charge in [-0.3, -0.25) is 9.59 Å². The second-order valence-electron chi connectivity index (χ2n) is 12.3. The zero-order valence-electron chi connectivity index (χ0n) is 32.7. The lowest BCUT2D eigenvalue weighted by atomic mass is 10.2. The first kappa shape index (κ1) is 47.0. The third kappa shape index (κ3) is 18.9. The first-order chi connectivity index (χ1) is 26.4. The molecule has 0 fully saturated rings. The van der Waals surface area contributed by atoms with Gasteiger partial charge in [-0.05, 0) is 114 Å². The van der Waals surface area contributed by atoms with Crippen molar-refractivity contribution in [2.24, 2.45) is 0 Å². The minimum atomic E-state index is -0.270. The van der Waals surface area contributed by atoms with E-state index in [0.717, 1.165) is 0 Å². The maximum atomic E-state index is 12.5. The fraction of sp³-hybridized carbons (Fsp3) is 0.400. The highest BCUT2D eigenvalue weighted by molar-refractivity contribution is 8.00. The zero-order chi connectivity index (χ0) is 40.6. The first-order valence-electron chi connectivity index (χ1n) is 18.6. The highest BCUT2D eigenvalue weighted by Gasteiger charge is 2.13. The van der Waals surface area contributed by atoms with Gasteiger partial charge in [-0.15, -0.1) is 0 Å². The molecule has 0 bridgehead atoms. The molecule has 2 heterocycles. The summed E-state index contributed by atoms with van der Waals surface area (Å²) in [6, 6.07) is 20.9. The average molecular weight is 829 g/mol. The molecule has 0 aliphatic carbocycles. The van der Waals surface area contributed by atoms with Crippen molar-refractivity contribution in [3.63, 3.8) is 0 Å². The van der Waals surface area contributed by atoms with Crippen LogP contribution in [0.15, 0.2) is 94.2 Å². The monoisotopic (exact) mass is 828 g/mol. The normalized spacial score (nSPS) is 10.4. The van der Waals surface area contributed by atoms with Crippen LogP contribution < -0.4 is 25.2 Å². The van der Waals surface area contributed by atoms with Crippen LogP contribution in [0.5, 0.6) is 11.5 Å². The highest BCUT2D eigenvalue weighted by Crippen LogP contribution is 2.24. The van der Waals surface area contributed by atoms with E-state index in [9.17, 15) is 9.59 Å². The van der Waals surface area contributed by atoms with Crippen LogP contribution in [0.3, 0.4) is 0 Å². The van der Waals surface area contributed by atoms with Gasteiger partial charge in [-0.1, -0.05) is 8.64 Å². The van der Waals surface area contributed by atoms with Crippen LogP contribution in [0.1, 0.15) is 53.1 Å². The van der Waals surface area contributed by atoms with Crippen molar-refractivity contribution >= 4 is 81.5 Å². The molecule has 0 spiro atoms. The Morgan fingerprint density at radius 3 is 1.16 bits per heavy atom. The van der Waals surface area contributed by atoms with Crippen molar-refractivity contribution in [3.05, 3.63) is 96.8 Å². The number of thiocarbonyl (C=S) groups is 2. The first-order valence-corrected chi connectivity index (χ1v) is 20.2. The number of anilines is 2. The van der Waals surface area contributed by atoms with Crippen molar-refractivity contribution in [1.82, 2.24) is 9.80 Å². The van der Waals surface area contributed by atoms with Crippen molar-refractivity contribution in [2.45, 2.75) is 54.6 Å². The summed E-state index contributed by atoms with van der Waals surface area (Å²) >= 11 is 20.4. The van der Waals surface area contributed by atoms with Crippen molar-refractivity contribution in [2.75, 3.05) is 63.0 Å². The van der Waals surface area contributed by atoms with Crippen molar-refractivity contribution in [3.8, 4) is 11.5 Å². The molecule has 2 aromatic heterocycles. The summed E-state index contributed by atoms with van der Waals surface area (Å²) < 4.78 is 16.9. The summed E-state index contributed by atoms with van der Waals surface area (Å²) in [5.41, 5.74) is 1.18.